The van der Waals surface area contributed by atoms with Crippen LogP contribution in [0.1, 0.15) is 15.9 Å². The van der Waals surface area contributed by atoms with Crippen LogP contribution in [-0.4, -0.2) is 28.4 Å². The third kappa shape index (κ3) is 4.61. The first-order valence-electron chi connectivity index (χ1n) is 6.38. The highest BCUT2D eigenvalue weighted by Crippen LogP contribution is 2.07. The molecule has 2 rings (SSSR count). The summed E-state index contributed by atoms with van der Waals surface area (Å²) in [6.45, 7) is 0.268. The molecule has 3 N–H and O–H groups in total. The third-order valence-electron chi connectivity index (χ3n) is 2.73. The molecule has 0 spiro atoms. The molecule has 0 aliphatic carbocycles. The number of aromatic hydroxyl groups is 1. The summed E-state index contributed by atoms with van der Waals surface area (Å²) in [5.74, 6) is -0.857. The van der Waals surface area contributed by atoms with Crippen LogP contribution in [0, 0.1) is 0 Å². The van der Waals surface area contributed by atoms with Gasteiger partial charge in [-0.05, 0) is 11.6 Å². The van der Waals surface area contributed by atoms with Crippen LogP contribution in [0.2, 0.25) is 0 Å². The van der Waals surface area contributed by atoms with Gasteiger partial charge in [0.05, 0.1) is 18.3 Å². The van der Waals surface area contributed by atoms with E-state index in [9.17, 15) is 14.7 Å². The largest absolute Gasteiger partial charge is 0.506 e. The Kier molecular flexibility index (Phi) is 4.87. The van der Waals surface area contributed by atoms with Gasteiger partial charge in [0.1, 0.15) is 5.75 Å². The van der Waals surface area contributed by atoms with Gasteiger partial charge in [0.25, 0.3) is 5.91 Å². The summed E-state index contributed by atoms with van der Waals surface area (Å²) in [4.78, 5) is 27.1. The van der Waals surface area contributed by atoms with Crippen molar-refractivity contribution in [2.75, 3.05) is 6.54 Å². The van der Waals surface area contributed by atoms with Gasteiger partial charge in [-0.15, -0.1) is 0 Å². The Hall–Kier alpha value is -2.89. The van der Waals surface area contributed by atoms with Gasteiger partial charge >= 0.3 is 0 Å². The molecule has 21 heavy (non-hydrogen) atoms. The standard InChI is InChI=1S/C15H15N3O3/c19-13-6-12(8-16-9-13)15(21)18-10-14(20)17-7-11-4-2-1-3-5-11/h1-6,8-9,19H,7,10H2,(H,17,20)(H,18,21). The zero-order valence-corrected chi connectivity index (χ0v) is 11.2. The fraction of sp³-hybridized carbons (Fsp3) is 0.133. The summed E-state index contributed by atoms with van der Waals surface area (Å²) in [7, 11) is 0. The smallest absolute Gasteiger partial charge is 0.253 e. The Morgan fingerprint density at radius 1 is 1.10 bits per heavy atom. The monoisotopic (exact) mass is 285 g/mol. The van der Waals surface area contributed by atoms with Gasteiger partial charge in [0.15, 0.2) is 0 Å². The zero-order chi connectivity index (χ0) is 15.1. The molecule has 0 saturated heterocycles. The SMILES string of the molecule is O=C(CNC(=O)c1cncc(O)c1)NCc1ccccc1. The van der Waals surface area contributed by atoms with Crippen LogP contribution in [0.4, 0.5) is 0 Å². The quantitative estimate of drug-likeness (QED) is 0.759. The molecule has 1 aromatic heterocycles. The minimum Gasteiger partial charge on any atom is -0.506 e. The highest BCUT2D eigenvalue weighted by atomic mass is 16.3. The number of nitrogens with one attached hydrogen (secondary N) is 2. The average molecular weight is 285 g/mol. The molecule has 2 amide bonds. The minimum absolute atomic E-state index is 0.101. The molecular formula is C15H15N3O3. The molecule has 0 aliphatic rings. The number of hydrogen-bond acceptors (Lipinski definition) is 4. The summed E-state index contributed by atoms with van der Waals surface area (Å²) in [5.41, 5.74) is 1.18. The van der Waals surface area contributed by atoms with Crippen LogP contribution in [-0.2, 0) is 11.3 Å². The van der Waals surface area contributed by atoms with Crippen molar-refractivity contribution in [3.8, 4) is 5.75 Å². The summed E-state index contributed by atoms with van der Waals surface area (Å²) in [6, 6.07) is 10.8. The molecule has 108 valence electrons. The van der Waals surface area contributed by atoms with E-state index < -0.39 is 5.91 Å². The van der Waals surface area contributed by atoms with Gasteiger partial charge in [0.2, 0.25) is 5.91 Å². The minimum atomic E-state index is -0.465. The average Bonchev–Trinajstić information content (AvgIpc) is 2.51. The maximum absolute atomic E-state index is 11.7. The van der Waals surface area contributed by atoms with Crippen molar-refractivity contribution in [3.05, 3.63) is 59.9 Å². The van der Waals surface area contributed by atoms with Crippen LogP contribution in [0.15, 0.2) is 48.8 Å². The van der Waals surface area contributed by atoms with Crippen LogP contribution < -0.4 is 10.6 Å². The predicted molar refractivity (Wildman–Crippen MR) is 76.5 cm³/mol. The van der Waals surface area contributed by atoms with E-state index in [0.29, 0.717) is 6.54 Å². The molecule has 0 saturated carbocycles. The molecule has 0 bridgehead atoms. The highest BCUT2D eigenvalue weighted by molar-refractivity contribution is 5.96. The normalized spacial score (nSPS) is 9.90. The van der Waals surface area contributed by atoms with Gasteiger partial charge in [-0.1, -0.05) is 30.3 Å². The molecular weight excluding hydrogens is 270 g/mol. The van der Waals surface area contributed by atoms with Gasteiger partial charge in [0, 0.05) is 12.7 Å². The second-order valence-electron chi connectivity index (χ2n) is 4.38. The van der Waals surface area contributed by atoms with Crippen molar-refractivity contribution >= 4 is 11.8 Å². The molecule has 0 fully saturated rings. The maximum atomic E-state index is 11.7. The number of hydrogen-bond donors (Lipinski definition) is 3. The van der Waals surface area contributed by atoms with Crippen LogP contribution in [0.3, 0.4) is 0 Å². The fourth-order valence-corrected chi connectivity index (χ4v) is 1.67. The lowest BCUT2D eigenvalue weighted by Crippen LogP contribution is -2.36. The number of carbonyl (C=O) groups excluding carboxylic acids is 2. The van der Waals surface area contributed by atoms with E-state index in [1.165, 1.54) is 18.5 Å². The maximum Gasteiger partial charge on any atom is 0.253 e. The first-order chi connectivity index (χ1) is 10.1. The van der Waals surface area contributed by atoms with E-state index >= 15 is 0 Å². The third-order valence-corrected chi connectivity index (χ3v) is 2.73. The van der Waals surface area contributed by atoms with E-state index in [0.717, 1.165) is 5.56 Å². The molecule has 6 nitrogen and oxygen atoms in total. The van der Waals surface area contributed by atoms with Crippen molar-refractivity contribution < 1.29 is 14.7 Å². The zero-order valence-electron chi connectivity index (χ0n) is 11.2. The number of nitrogens with zero attached hydrogens (tertiary/aromatic N) is 1. The van der Waals surface area contributed by atoms with E-state index in [1.807, 2.05) is 30.3 Å². The Balaban J connectivity index is 1.77. The number of carbonyl (C=O) groups is 2. The van der Waals surface area contributed by atoms with E-state index in [1.54, 1.807) is 0 Å². The number of aromatic nitrogens is 1. The van der Waals surface area contributed by atoms with Crippen molar-refractivity contribution in [1.82, 2.24) is 15.6 Å². The van der Waals surface area contributed by atoms with Crippen molar-refractivity contribution in [1.29, 1.82) is 0 Å². The van der Waals surface area contributed by atoms with Crippen molar-refractivity contribution in [3.63, 3.8) is 0 Å². The second kappa shape index (κ2) is 7.04. The summed E-state index contributed by atoms with van der Waals surface area (Å²) in [5, 5.41) is 14.4. The van der Waals surface area contributed by atoms with Gasteiger partial charge < -0.3 is 15.7 Å². The lowest BCUT2D eigenvalue weighted by atomic mass is 10.2. The molecule has 0 unspecified atom stereocenters. The Morgan fingerprint density at radius 2 is 1.86 bits per heavy atom. The summed E-state index contributed by atoms with van der Waals surface area (Å²) >= 11 is 0. The number of benzene rings is 1. The Bertz CT molecular complexity index is 629. The molecule has 6 heteroatoms. The lowest BCUT2D eigenvalue weighted by Gasteiger charge is -2.07. The molecule has 2 aromatic rings. The van der Waals surface area contributed by atoms with E-state index in [4.69, 9.17) is 0 Å². The second-order valence-corrected chi connectivity index (χ2v) is 4.38. The van der Waals surface area contributed by atoms with Crippen LogP contribution in [0.25, 0.3) is 0 Å². The molecule has 0 aliphatic heterocycles. The number of amides is 2. The summed E-state index contributed by atoms with van der Waals surface area (Å²) in [6.07, 6.45) is 2.54. The Morgan fingerprint density at radius 3 is 2.57 bits per heavy atom. The highest BCUT2D eigenvalue weighted by Gasteiger charge is 2.08. The van der Waals surface area contributed by atoms with Crippen LogP contribution in [0.5, 0.6) is 5.75 Å². The topological polar surface area (TPSA) is 91.3 Å². The Labute approximate surface area is 121 Å². The van der Waals surface area contributed by atoms with E-state index in [-0.39, 0.29) is 23.8 Å². The summed E-state index contributed by atoms with van der Waals surface area (Å²) < 4.78 is 0. The molecule has 1 aromatic carbocycles. The predicted octanol–water partition coefficient (Wildman–Crippen LogP) is 0.833. The fourth-order valence-electron chi connectivity index (χ4n) is 1.67. The molecule has 0 radical (unpaired) electrons. The first-order valence-corrected chi connectivity index (χ1v) is 6.38. The van der Waals surface area contributed by atoms with Crippen molar-refractivity contribution in [2.45, 2.75) is 6.54 Å². The first kappa shape index (κ1) is 14.5. The van der Waals surface area contributed by atoms with Gasteiger partial charge in [-0.25, -0.2) is 0 Å². The van der Waals surface area contributed by atoms with Gasteiger partial charge in [-0.2, -0.15) is 0 Å². The number of pyridine rings is 1. The number of rotatable bonds is 5. The molecule has 1 heterocycles. The van der Waals surface area contributed by atoms with Crippen LogP contribution >= 0.6 is 0 Å². The van der Waals surface area contributed by atoms with Gasteiger partial charge in [-0.3, -0.25) is 14.6 Å². The lowest BCUT2D eigenvalue weighted by molar-refractivity contribution is -0.120. The molecule has 0 atom stereocenters. The van der Waals surface area contributed by atoms with E-state index in [2.05, 4.69) is 15.6 Å². The van der Waals surface area contributed by atoms with Crippen molar-refractivity contribution in [2.24, 2.45) is 0 Å².